The van der Waals surface area contributed by atoms with E-state index in [1.54, 1.807) is 6.20 Å². The van der Waals surface area contributed by atoms with Crippen molar-refractivity contribution in [3.8, 4) is 0 Å². The Morgan fingerprint density at radius 3 is 2.31 bits per heavy atom. The number of nitrogens with zero attached hydrogens (tertiary/aromatic N) is 3. The first-order valence-electron chi connectivity index (χ1n) is 9.99. The Hall–Kier alpha value is -1.66. The van der Waals surface area contributed by atoms with Gasteiger partial charge in [-0.1, -0.05) is 32.1 Å². The average Bonchev–Trinajstić information content (AvgIpc) is 2.67. The van der Waals surface area contributed by atoms with Crippen molar-refractivity contribution in [1.29, 1.82) is 0 Å². The number of aromatic nitrogens is 1. The van der Waals surface area contributed by atoms with Gasteiger partial charge in [-0.2, -0.15) is 0 Å². The molecule has 2 heterocycles. The maximum Gasteiger partial charge on any atom is 0.252 e. The molecule has 0 bridgehead atoms. The summed E-state index contributed by atoms with van der Waals surface area (Å²) in [6.45, 7) is 5.08. The van der Waals surface area contributed by atoms with E-state index in [1.165, 1.54) is 19.3 Å². The van der Waals surface area contributed by atoms with E-state index in [0.29, 0.717) is 12.2 Å². The smallest absolute Gasteiger partial charge is 0.252 e. The maximum absolute atomic E-state index is 12.2. The number of hydrogen-bond donors (Lipinski definition) is 2. The van der Waals surface area contributed by atoms with Crippen LogP contribution in [-0.4, -0.2) is 67.3 Å². The van der Waals surface area contributed by atoms with Crippen molar-refractivity contribution in [1.82, 2.24) is 15.2 Å². The summed E-state index contributed by atoms with van der Waals surface area (Å²) in [5, 5.41) is 11.7. The van der Waals surface area contributed by atoms with Crippen LogP contribution >= 0.6 is 0 Å². The van der Waals surface area contributed by atoms with Crippen LogP contribution < -0.4 is 10.2 Å². The summed E-state index contributed by atoms with van der Waals surface area (Å²) >= 11 is 0. The number of hydrogen-bond acceptors (Lipinski definition) is 5. The number of nitrogens with one attached hydrogen (secondary N) is 1. The fourth-order valence-electron chi connectivity index (χ4n) is 3.17. The Balaban J connectivity index is 1.60. The minimum Gasteiger partial charge on any atom is -0.396 e. The van der Waals surface area contributed by atoms with Crippen molar-refractivity contribution in [2.24, 2.45) is 0 Å². The minimum absolute atomic E-state index is 0.0367. The van der Waals surface area contributed by atoms with Gasteiger partial charge in [0.2, 0.25) is 0 Å². The molecule has 6 nitrogen and oxygen atoms in total. The Bertz CT molecular complexity index is 513. The van der Waals surface area contributed by atoms with Gasteiger partial charge in [-0.05, 0) is 32.0 Å². The van der Waals surface area contributed by atoms with E-state index >= 15 is 0 Å². The second-order valence-corrected chi connectivity index (χ2v) is 7.15. The number of carbonyl (C=O) groups excluding carboxylic acids is 1. The monoisotopic (exact) mass is 362 g/mol. The molecule has 2 N–H and O–H groups in total. The summed E-state index contributed by atoms with van der Waals surface area (Å²) in [6, 6.07) is 3.82. The third-order valence-electron chi connectivity index (χ3n) is 4.96. The molecule has 0 radical (unpaired) electrons. The van der Waals surface area contributed by atoms with Gasteiger partial charge in [-0.15, -0.1) is 0 Å². The molecule has 1 fully saturated rings. The normalized spacial score (nSPS) is 15.2. The molecule has 0 aliphatic carbocycles. The minimum atomic E-state index is -0.0367. The number of pyridine rings is 1. The summed E-state index contributed by atoms with van der Waals surface area (Å²) in [5.41, 5.74) is 0.631. The highest BCUT2D eigenvalue weighted by Crippen LogP contribution is 2.13. The first-order chi connectivity index (χ1) is 12.7. The number of likely N-dealkylation sites (N-methyl/N-ethyl adjacent to an activating group) is 1. The number of amides is 1. The van der Waals surface area contributed by atoms with Gasteiger partial charge < -0.3 is 20.2 Å². The number of unbranched alkanes of at least 4 members (excludes halogenated alkanes) is 6. The molecule has 1 aliphatic heterocycles. The van der Waals surface area contributed by atoms with E-state index < -0.39 is 0 Å². The number of aliphatic hydroxyl groups excluding tert-OH is 1. The number of rotatable bonds is 11. The first-order valence-corrected chi connectivity index (χ1v) is 9.99. The van der Waals surface area contributed by atoms with E-state index in [9.17, 15) is 4.79 Å². The molecule has 26 heavy (non-hydrogen) atoms. The lowest BCUT2D eigenvalue weighted by Gasteiger charge is -2.33. The zero-order chi connectivity index (χ0) is 18.6. The highest BCUT2D eigenvalue weighted by atomic mass is 16.2. The second-order valence-electron chi connectivity index (χ2n) is 7.15. The number of piperazine rings is 1. The van der Waals surface area contributed by atoms with Crippen molar-refractivity contribution in [2.45, 2.75) is 44.9 Å². The molecule has 1 amide bonds. The van der Waals surface area contributed by atoms with Crippen molar-refractivity contribution >= 4 is 11.7 Å². The van der Waals surface area contributed by atoms with Gasteiger partial charge in [-0.25, -0.2) is 4.98 Å². The molecule has 2 rings (SSSR count). The maximum atomic E-state index is 12.2. The summed E-state index contributed by atoms with van der Waals surface area (Å²) in [4.78, 5) is 21.2. The number of anilines is 1. The molecule has 1 aliphatic rings. The Morgan fingerprint density at radius 1 is 1.04 bits per heavy atom. The molecule has 0 unspecified atom stereocenters. The van der Waals surface area contributed by atoms with Gasteiger partial charge in [-0.3, -0.25) is 4.79 Å². The van der Waals surface area contributed by atoms with Crippen LogP contribution in [0, 0.1) is 0 Å². The summed E-state index contributed by atoms with van der Waals surface area (Å²) in [5.74, 6) is 0.918. The molecule has 0 aromatic carbocycles. The van der Waals surface area contributed by atoms with E-state index in [0.717, 1.165) is 64.2 Å². The zero-order valence-corrected chi connectivity index (χ0v) is 16.1. The van der Waals surface area contributed by atoms with Gasteiger partial charge in [0.1, 0.15) is 5.82 Å². The Labute approximate surface area is 157 Å². The third-order valence-corrected chi connectivity index (χ3v) is 4.96. The lowest BCUT2D eigenvalue weighted by molar-refractivity contribution is 0.0952. The molecular formula is C20H34N4O2. The fourth-order valence-corrected chi connectivity index (χ4v) is 3.17. The zero-order valence-electron chi connectivity index (χ0n) is 16.1. The van der Waals surface area contributed by atoms with Crippen molar-refractivity contribution in [2.75, 3.05) is 51.3 Å². The largest absolute Gasteiger partial charge is 0.396 e. The van der Waals surface area contributed by atoms with Crippen LogP contribution in [0.5, 0.6) is 0 Å². The second kappa shape index (κ2) is 11.9. The lowest BCUT2D eigenvalue weighted by Crippen LogP contribution is -2.44. The Morgan fingerprint density at radius 2 is 1.69 bits per heavy atom. The topological polar surface area (TPSA) is 68.7 Å². The molecule has 146 valence electrons. The van der Waals surface area contributed by atoms with Gasteiger partial charge >= 0.3 is 0 Å². The van der Waals surface area contributed by atoms with Crippen LogP contribution in [0.2, 0.25) is 0 Å². The van der Waals surface area contributed by atoms with Crippen molar-refractivity contribution < 1.29 is 9.90 Å². The number of aliphatic hydroxyl groups is 1. The van der Waals surface area contributed by atoms with Crippen molar-refractivity contribution in [3.05, 3.63) is 23.9 Å². The molecule has 6 heteroatoms. The van der Waals surface area contributed by atoms with E-state index in [1.807, 2.05) is 12.1 Å². The average molecular weight is 363 g/mol. The first kappa shape index (κ1) is 20.6. The molecule has 1 aromatic heterocycles. The predicted molar refractivity (Wildman–Crippen MR) is 106 cm³/mol. The summed E-state index contributed by atoms with van der Waals surface area (Å²) in [7, 11) is 2.13. The van der Waals surface area contributed by atoms with Gasteiger partial charge in [0.15, 0.2) is 0 Å². The predicted octanol–water partition coefficient (Wildman–Crippen LogP) is 2.29. The Kier molecular flexibility index (Phi) is 9.42. The number of carbonyl (C=O) groups is 1. The summed E-state index contributed by atoms with van der Waals surface area (Å²) in [6.07, 6.45) is 9.47. The molecule has 0 saturated carbocycles. The summed E-state index contributed by atoms with van der Waals surface area (Å²) < 4.78 is 0. The standard InChI is InChI=1S/C20H34N4O2/c1-23-12-14-24(15-13-23)19-10-9-18(17-22-19)20(26)21-11-7-5-3-2-4-6-8-16-25/h9-10,17,25H,2-8,11-16H2,1H3,(H,21,26). The van der Waals surface area contributed by atoms with Crippen LogP contribution in [0.1, 0.15) is 55.3 Å². The molecule has 1 aromatic rings. The van der Waals surface area contributed by atoms with Crippen LogP contribution in [0.3, 0.4) is 0 Å². The molecule has 0 spiro atoms. The van der Waals surface area contributed by atoms with Crippen LogP contribution in [0.25, 0.3) is 0 Å². The van der Waals surface area contributed by atoms with Gasteiger partial charge in [0.25, 0.3) is 5.91 Å². The van der Waals surface area contributed by atoms with E-state index in [2.05, 4.69) is 27.1 Å². The van der Waals surface area contributed by atoms with E-state index in [4.69, 9.17) is 5.11 Å². The van der Waals surface area contributed by atoms with Gasteiger partial charge in [0, 0.05) is 45.5 Å². The highest BCUT2D eigenvalue weighted by Gasteiger charge is 2.15. The van der Waals surface area contributed by atoms with Crippen LogP contribution in [0.4, 0.5) is 5.82 Å². The van der Waals surface area contributed by atoms with Crippen LogP contribution in [-0.2, 0) is 0 Å². The third kappa shape index (κ3) is 7.30. The molecular weight excluding hydrogens is 328 g/mol. The van der Waals surface area contributed by atoms with Crippen molar-refractivity contribution in [3.63, 3.8) is 0 Å². The highest BCUT2D eigenvalue weighted by molar-refractivity contribution is 5.94. The van der Waals surface area contributed by atoms with Crippen LogP contribution in [0.15, 0.2) is 18.3 Å². The SMILES string of the molecule is CN1CCN(c2ccc(C(=O)NCCCCCCCCCO)cn2)CC1. The molecule has 0 atom stereocenters. The van der Waals surface area contributed by atoms with E-state index in [-0.39, 0.29) is 5.91 Å². The fraction of sp³-hybridized carbons (Fsp3) is 0.700. The quantitative estimate of drug-likeness (QED) is 0.591. The lowest BCUT2D eigenvalue weighted by atomic mass is 10.1. The van der Waals surface area contributed by atoms with Gasteiger partial charge in [0.05, 0.1) is 5.56 Å². The molecule has 1 saturated heterocycles.